The van der Waals surface area contributed by atoms with Crippen molar-refractivity contribution in [1.29, 1.82) is 5.26 Å². The number of anilines is 1. The number of nitriles is 1. The fraction of sp³-hybridized carbons (Fsp3) is 0.125. The molecule has 0 fully saturated rings. The van der Waals surface area contributed by atoms with E-state index in [-0.39, 0.29) is 18.8 Å². The van der Waals surface area contributed by atoms with Gasteiger partial charge >= 0.3 is 0 Å². The number of amides is 1. The molecule has 112 valence electrons. The Hall–Kier alpha value is -2.94. The second-order valence-corrected chi connectivity index (χ2v) is 4.46. The lowest BCUT2D eigenvalue weighted by atomic mass is 10.0. The van der Waals surface area contributed by atoms with Gasteiger partial charge in [-0.1, -0.05) is 30.3 Å². The molecule has 22 heavy (non-hydrogen) atoms. The number of carbonyl (C=O) groups excluding carboxylic acids is 1. The van der Waals surface area contributed by atoms with Crippen LogP contribution in [0.15, 0.2) is 42.5 Å². The average Bonchev–Trinajstić information content (AvgIpc) is 2.52. The summed E-state index contributed by atoms with van der Waals surface area (Å²) in [6.07, 6.45) is 0. The third kappa shape index (κ3) is 3.79. The van der Waals surface area contributed by atoms with Gasteiger partial charge in [-0.3, -0.25) is 4.79 Å². The maximum Gasteiger partial charge on any atom is 0.240 e. The quantitative estimate of drug-likeness (QED) is 0.835. The van der Waals surface area contributed by atoms with Crippen LogP contribution in [0.5, 0.6) is 0 Å². The molecular weight excluding hydrogens is 288 g/mol. The van der Waals surface area contributed by atoms with Gasteiger partial charge in [-0.05, 0) is 11.6 Å². The summed E-state index contributed by atoms with van der Waals surface area (Å²) < 4.78 is 27.5. The monoisotopic (exact) mass is 301 g/mol. The molecule has 2 aromatic carbocycles. The molecule has 0 unspecified atom stereocenters. The smallest absolute Gasteiger partial charge is 0.240 e. The molecular formula is C16H13F2N3O. The van der Waals surface area contributed by atoms with Gasteiger partial charge in [-0.2, -0.15) is 5.26 Å². The van der Waals surface area contributed by atoms with Gasteiger partial charge in [0, 0.05) is 11.6 Å². The molecule has 0 heterocycles. The first kappa shape index (κ1) is 15.4. The SMILES string of the molecule is N#CCNC(=O)CNc1c(F)cc(F)cc1-c1ccccc1. The standard InChI is InChI=1S/C16H13F2N3O/c17-12-8-13(11-4-2-1-3-5-11)16(14(18)9-12)21-10-15(22)20-7-6-19/h1-5,8-9,21H,7,10H2,(H,20,22). The lowest BCUT2D eigenvalue weighted by Crippen LogP contribution is -2.30. The first-order valence-corrected chi connectivity index (χ1v) is 6.54. The molecule has 0 radical (unpaired) electrons. The minimum Gasteiger partial charge on any atom is -0.373 e. The number of nitrogens with zero attached hydrogens (tertiary/aromatic N) is 1. The van der Waals surface area contributed by atoms with Crippen molar-refractivity contribution in [2.24, 2.45) is 0 Å². The predicted octanol–water partition coefficient (Wildman–Crippen LogP) is 2.68. The molecule has 0 aliphatic heterocycles. The maximum absolute atomic E-state index is 14.0. The van der Waals surface area contributed by atoms with Crippen LogP contribution < -0.4 is 10.6 Å². The largest absolute Gasteiger partial charge is 0.373 e. The Morgan fingerprint density at radius 2 is 1.91 bits per heavy atom. The normalized spacial score (nSPS) is 9.86. The topological polar surface area (TPSA) is 64.9 Å². The number of rotatable bonds is 5. The first-order chi connectivity index (χ1) is 10.6. The second kappa shape index (κ2) is 7.18. The number of carbonyl (C=O) groups is 1. The highest BCUT2D eigenvalue weighted by Crippen LogP contribution is 2.31. The van der Waals surface area contributed by atoms with Crippen molar-refractivity contribution in [2.75, 3.05) is 18.4 Å². The summed E-state index contributed by atoms with van der Waals surface area (Å²) in [6, 6.07) is 12.5. The van der Waals surface area contributed by atoms with E-state index >= 15 is 0 Å². The average molecular weight is 301 g/mol. The summed E-state index contributed by atoms with van der Waals surface area (Å²) in [4.78, 5) is 11.5. The fourth-order valence-corrected chi connectivity index (χ4v) is 1.97. The van der Waals surface area contributed by atoms with Crippen LogP contribution in [0.25, 0.3) is 11.1 Å². The molecule has 0 aromatic heterocycles. The minimum absolute atomic E-state index is 0.0414. The van der Waals surface area contributed by atoms with Crippen LogP contribution in [0, 0.1) is 23.0 Å². The number of nitrogens with one attached hydrogen (secondary N) is 2. The second-order valence-electron chi connectivity index (χ2n) is 4.46. The highest BCUT2D eigenvalue weighted by molar-refractivity contribution is 5.84. The Balaban J connectivity index is 2.27. The molecule has 0 aliphatic carbocycles. The molecule has 4 nitrogen and oxygen atoms in total. The molecule has 2 aromatic rings. The summed E-state index contributed by atoms with van der Waals surface area (Å²) in [5, 5.41) is 13.4. The number of hydrogen-bond donors (Lipinski definition) is 2. The lowest BCUT2D eigenvalue weighted by molar-refractivity contribution is -0.119. The summed E-state index contributed by atoms with van der Waals surface area (Å²) >= 11 is 0. The predicted molar refractivity (Wildman–Crippen MR) is 78.9 cm³/mol. The van der Waals surface area contributed by atoms with E-state index in [1.165, 1.54) is 6.07 Å². The number of benzene rings is 2. The Labute approximate surface area is 126 Å². The Bertz CT molecular complexity index is 711. The van der Waals surface area contributed by atoms with Crippen LogP contribution >= 0.6 is 0 Å². The third-order valence-corrected chi connectivity index (χ3v) is 2.93. The van der Waals surface area contributed by atoms with Gasteiger partial charge in [0.25, 0.3) is 0 Å². The third-order valence-electron chi connectivity index (χ3n) is 2.93. The number of halogens is 2. The molecule has 0 bridgehead atoms. The molecule has 0 aliphatic rings. The van der Waals surface area contributed by atoms with Gasteiger partial charge in [0.1, 0.15) is 18.2 Å². The summed E-state index contributed by atoms with van der Waals surface area (Å²) in [6.45, 7) is -0.345. The van der Waals surface area contributed by atoms with E-state index in [0.717, 1.165) is 6.07 Å². The van der Waals surface area contributed by atoms with Crippen molar-refractivity contribution < 1.29 is 13.6 Å². The lowest BCUT2D eigenvalue weighted by Gasteiger charge is -2.13. The van der Waals surface area contributed by atoms with Gasteiger partial charge in [0.05, 0.1) is 18.3 Å². The van der Waals surface area contributed by atoms with Crippen LogP contribution in [0.4, 0.5) is 14.5 Å². The molecule has 1 amide bonds. The zero-order valence-electron chi connectivity index (χ0n) is 11.6. The molecule has 0 spiro atoms. The Kier molecular flexibility index (Phi) is 5.04. The van der Waals surface area contributed by atoms with Gasteiger partial charge in [0.15, 0.2) is 0 Å². The zero-order chi connectivity index (χ0) is 15.9. The molecule has 2 rings (SSSR count). The number of hydrogen-bond acceptors (Lipinski definition) is 3. The van der Waals surface area contributed by atoms with E-state index in [1.807, 2.05) is 0 Å². The maximum atomic E-state index is 14.0. The van der Waals surface area contributed by atoms with Crippen molar-refractivity contribution in [2.45, 2.75) is 0 Å². The van der Waals surface area contributed by atoms with Crippen molar-refractivity contribution in [3.63, 3.8) is 0 Å². The summed E-state index contributed by atoms with van der Waals surface area (Å²) in [7, 11) is 0. The van der Waals surface area contributed by atoms with Crippen LogP contribution in [0.1, 0.15) is 0 Å². The van der Waals surface area contributed by atoms with Crippen molar-refractivity contribution in [3.8, 4) is 17.2 Å². The van der Waals surface area contributed by atoms with Gasteiger partial charge in [-0.15, -0.1) is 0 Å². The first-order valence-electron chi connectivity index (χ1n) is 6.54. The van der Waals surface area contributed by atoms with Crippen molar-refractivity contribution in [1.82, 2.24) is 5.32 Å². The van der Waals surface area contributed by atoms with Crippen LogP contribution in [-0.4, -0.2) is 19.0 Å². The summed E-state index contributed by atoms with van der Waals surface area (Å²) in [5.74, 6) is -1.94. The summed E-state index contributed by atoms with van der Waals surface area (Å²) in [5.41, 5.74) is 0.992. The molecule has 6 heteroatoms. The van der Waals surface area contributed by atoms with Gasteiger partial charge in [-0.25, -0.2) is 8.78 Å². The highest BCUT2D eigenvalue weighted by Gasteiger charge is 2.13. The van der Waals surface area contributed by atoms with Crippen molar-refractivity contribution in [3.05, 3.63) is 54.1 Å². The Morgan fingerprint density at radius 1 is 1.18 bits per heavy atom. The van der Waals surface area contributed by atoms with Gasteiger partial charge in [0.2, 0.25) is 5.91 Å². The van der Waals surface area contributed by atoms with Crippen molar-refractivity contribution >= 4 is 11.6 Å². The zero-order valence-corrected chi connectivity index (χ0v) is 11.6. The van der Waals surface area contributed by atoms with E-state index in [0.29, 0.717) is 11.1 Å². The Morgan fingerprint density at radius 3 is 2.59 bits per heavy atom. The van der Waals surface area contributed by atoms with Crippen LogP contribution in [0.3, 0.4) is 0 Å². The van der Waals surface area contributed by atoms with E-state index in [1.54, 1.807) is 36.4 Å². The van der Waals surface area contributed by atoms with Gasteiger partial charge < -0.3 is 10.6 Å². The molecule has 2 N–H and O–H groups in total. The minimum atomic E-state index is -0.785. The van der Waals surface area contributed by atoms with Crippen LogP contribution in [0.2, 0.25) is 0 Å². The molecule has 0 saturated carbocycles. The van der Waals surface area contributed by atoms with E-state index in [9.17, 15) is 13.6 Å². The fourth-order valence-electron chi connectivity index (χ4n) is 1.97. The van der Waals surface area contributed by atoms with E-state index < -0.39 is 17.5 Å². The highest BCUT2D eigenvalue weighted by atomic mass is 19.1. The van der Waals surface area contributed by atoms with Crippen LogP contribution in [-0.2, 0) is 4.79 Å². The molecule has 0 saturated heterocycles. The van der Waals surface area contributed by atoms with E-state index in [2.05, 4.69) is 10.6 Å². The molecule has 0 atom stereocenters. The van der Waals surface area contributed by atoms with E-state index in [4.69, 9.17) is 5.26 Å².